The molecule has 0 fully saturated rings. The molecule has 1 atom stereocenters. The first kappa shape index (κ1) is 17.6. The molecule has 26 heavy (non-hydrogen) atoms. The molecule has 3 rings (SSSR count). The fourth-order valence-electron chi connectivity index (χ4n) is 3.04. The van der Waals surface area contributed by atoms with E-state index in [1.807, 2.05) is 42.5 Å². The average Bonchev–Trinajstić information content (AvgIpc) is 2.66. The minimum atomic E-state index is -0.841. The molecule has 3 aromatic rings. The average molecular weight is 344 g/mol. The van der Waals surface area contributed by atoms with Gasteiger partial charge in [-0.2, -0.15) is 0 Å². The number of hydrogen-bond donors (Lipinski definition) is 1. The quantitative estimate of drug-likeness (QED) is 0.655. The molecule has 0 radical (unpaired) electrons. The second-order valence-electron chi connectivity index (χ2n) is 6.09. The monoisotopic (exact) mass is 344 g/mol. The summed E-state index contributed by atoms with van der Waals surface area (Å²) in [5, 5.41) is 11.3. The highest BCUT2D eigenvalue weighted by Crippen LogP contribution is 2.28. The minimum Gasteiger partial charge on any atom is -0.497 e. The largest absolute Gasteiger partial charge is 0.497 e. The van der Waals surface area contributed by atoms with Crippen LogP contribution in [-0.2, 0) is 4.79 Å². The van der Waals surface area contributed by atoms with E-state index in [4.69, 9.17) is 9.84 Å². The Bertz CT molecular complexity index is 991. The molecule has 1 unspecified atom stereocenters. The topological polar surface area (TPSA) is 46.5 Å². The maximum Gasteiger partial charge on any atom is 0.304 e. The molecule has 0 bridgehead atoms. The van der Waals surface area contributed by atoms with Crippen molar-refractivity contribution in [1.82, 2.24) is 0 Å². The maximum atomic E-state index is 11.0. The van der Waals surface area contributed by atoms with E-state index >= 15 is 0 Å². The van der Waals surface area contributed by atoms with Gasteiger partial charge in [-0.1, -0.05) is 48.4 Å². The third-order valence-electron chi connectivity index (χ3n) is 4.39. The van der Waals surface area contributed by atoms with Crippen LogP contribution in [0.3, 0.4) is 0 Å². The molecule has 3 nitrogen and oxygen atoms in total. The van der Waals surface area contributed by atoms with Crippen molar-refractivity contribution >= 4 is 16.7 Å². The number of hydrogen-bond acceptors (Lipinski definition) is 2. The van der Waals surface area contributed by atoms with E-state index < -0.39 is 5.97 Å². The molecule has 0 spiro atoms. The van der Waals surface area contributed by atoms with Gasteiger partial charge >= 0.3 is 5.97 Å². The van der Waals surface area contributed by atoms with Crippen LogP contribution >= 0.6 is 0 Å². The van der Waals surface area contributed by atoms with E-state index in [-0.39, 0.29) is 12.3 Å². The zero-order valence-electron chi connectivity index (χ0n) is 14.8. The number of rotatable bonds is 5. The second-order valence-corrected chi connectivity index (χ2v) is 6.09. The molecule has 0 aliphatic rings. The summed E-state index contributed by atoms with van der Waals surface area (Å²) < 4.78 is 5.27. The van der Waals surface area contributed by atoms with Crippen molar-refractivity contribution in [3.05, 3.63) is 66.2 Å². The molecular weight excluding hydrogens is 324 g/mol. The summed E-state index contributed by atoms with van der Waals surface area (Å²) in [6.45, 7) is 1.73. The van der Waals surface area contributed by atoms with Crippen LogP contribution in [0.5, 0.6) is 5.75 Å². The lowest BCUT2D eigenvalue weighted by Crippen LogP contribution is -2.04. The van der Waals surface area contributed by atoms with Crippen LogP contribution in [0.25, 0.3) is 21.9 Å². The highest BCUT2D eigenvalue weighted by molar-refractivity contribution is 5.88. The Hall–Kier alpha value is -3.25. The van der Waals surface area contributed by atoms with E-state index in [0.29, 0.717) is 0 Å². The first-order valence-corrected chi connectivity index (χ1v) is 8.43. The van der Waals surface area contributed by atoms with E-state index in [1.54, 1.807) is 14.0 Å². The van der Waals surface area contributed by atoms with Gasteiger partial charge in [-0.25, -0.2) is 0 Å². The normalized spacial score (nSPS) is 11.5. The molecule has 0 heterocycles. The van der Waals surface area contributed by atoms with Gasteiger partial charge in [0, 0.05) is 0 Å². The van der Waals surface area contributed by atoms with Crippen molar-refractivity contribution in [3.8, 4) is 28.7 Å². The van der Waals surface area contributed by atoms with Crippen molar-refractivity contribution in [2.24, 2.45) is 0 Å². The number of carboxylic acid groups (broad SMARTS) is 1. The summed E-state index contributed by atoms with van der Waals surface area (Å²) in [5.41, 5.74) is 3.13. The Morgan fingerprint density at radius 1 is 1.00 bits per heavy atom. The van der Waals surface area contributed by atoms with Crippen LogP contribution in [-0.4, -0.2) is 18.2 Å². The zero-order valence-corrected chi connectivity index (χ0v) is 14.8. The van der Waals surface area contributed by atoms with Crippen molar-refractivity contribution in [2.75, 3.05) is 7.11 Å². The van der Waals surface area contributed by atoms with E-state index in [1.165, 1.54) is 0 Å². The van der Waals surface area contributed by atoms with E-state index in [9.17, 15) is 4.79 Å². The summed E-state index contributed by atoms with van der Waals surface area (Å²) in [6.07, 6.45) is 0.0119. The molecule has 0 amide bonds. The predicted octanol–water partition coefficient (Wildman–Crippen LogP) is 5.10. The van der Waals surface area contributed by atoms with Gasteiger partial charge in [0.05, 0.1) is 19.4 Å². The SMILES string of the molecule is CC#CC(CC(=O)O)c1ccc(-c2ccc3cc(OC)ccc3c2)cc1. The smallest absolute Gasteiger partial charge is 0.304 e. The van der Waals surface area contributed by atoms with Crippen molar-refractivity contribution in [2.45, 2.75) is 19.3 Å². The number of carboxylic acids is 1. The van der Waals surface area contributed by atoms with Crippen LogP contribution in [0.2, 0.25) is 0 Å². The van der Waals surface area contributed by atoms with Gasteiger partial charge in [0.15, 0.2) is 0 Å². The minimum absolute atomic E-state index is 0.0119. The fraction of sp³-hybridized carbons (Fsp3) is 0.174. The fourth-order valence-corrected chi connectivity index (χ4v) is 3.04. The molecule has 1 N–H and O–H groups in total. The molecule has 0 aliphatic carbocycles. The summed E-state index contributed by atoms with van der Waals surface area (Å²) in [7, 11) is 1.66. The van der Waals surface area contributed by atoms with Gasteiger partial charge in [0.1, 0.15) is 5.75 Å². The van der Waals surface area contributed by atoms with Gasteiger partial charge in [-0.3, -0.25) is 4.79 Å². The molecule has 0 aromatic heterocycles. The summed E-state index contributed by atoms with van der Waals surface area (Å²) in [5.74, 6) is 5.53. The third kappa shape index (κ3) is 3.87. The first-order valence-electron chi connectivity index (χ1n) is 8.43. The Labute approximate surface area is 153 Å². The molecule has 0 saturated carbocycles. The summed E-state index contributed by atoms with van der Waals surface area (Å²) >= 11 is 0. The lowest BCUT2D eigenvalue weighted by molar-refractivity contribution is -0.137. The maximum absolute atomic E-state index is 11.0. The zero-order chi connectivity index (χ0) is 18.5. The van der Waals surface area contributed by atoms with Crippen molar-refractivity contribution in [1.29, 1.82) is 0 Å². The predicted molar refractivity (Wildman–Crippen MR) is 104 cm³/mol. The second kappa shape index (κ2) is 7.76. The van der Waals surface area contributed by atoms with Gasteiger partial charge in [-0.15, -0.1) is 5.92 Å². The molecule has 130 valence electrons. The lowest BCUT2D eigenvalue weighted by Gasteiger charge is -2.10. The number of methoxy groups -OCH3 is 1. The highest BCUT2D eigenvalue weighted by atomic mass is 16.5. The molecule has 3 heteroatoms. The molecule has 0 saturated heterocycles. The van der Waals surface area contributed by atoms with Gasteiger partial charge in [-0.05, 0) is 52.6 Å². The first-order chi connectivity index (χ1) is 12.6. The van der Waals surface area contributed by atoms with Crippen LogP contribution < -0.4 is 4.74 Å². The van der Waals surface area contributed by atoms with E-state index in [0.717, 1.165) is 33.2 Å². The number of benzene rings is 3. The molecule has 0 aliphatic heterocycles. The van der Waals surface area contributed by atoms with Gasteiger partial charge in [0.2, 0.25) is 0 Å². The standard InChI is InChI=1S/C23H20O3/c1-3-4-18(15-23(24)25)16-5-7-17(8-6-16)19-9-10-21-14-22(26-2)12-11-20(21)13-19/h5-14,18H,15H2,1-2H3,(H,24,25). The van der Waals surface area contributed by atoms with Crippen LogP contribution in [0.1, 0.15) is 24.8 Å². The highest BCUT2D eigenvalue weighted by Gasteiger charge is 2.13. The van der Waals surface area contributed by atoms with Gasteiger partial charge in [0.25, 0.3) is 0 Å². The van der Waals surface area contributed by atoms with Crippen LogP contribution in [0, 0.1) is 11.8 Å². The Morgan fingerprint density at radius 3 is 2.31 bits per heavy atom. The number of aliphatic carboxylic acids is 1. The molecule has 3 aromatic carbocycles. The lowest BCUT2D eigenvalue weighted by atomic mass is 9.93. The van der Waals surface area contributed by atoms with Crippen molar-refractivity contribution < 1.29 is 14.6 Å². The van der Waals surface area contributed by atoms with Gasteiger partial charge < -0.3 is 9.84 Å². The Morgan fingerprint density at radius 2 is 1.65 bits per heavy atom. The number of carbonyl (C=O) groups is 1. The van der Waals surface area contributed by atoms with Crippen molar-refractivity contribution in [3.63, 3.8) is 0 Å². The third-order valence-corrected chi connectivity index (χ3v) is 4.39. The molecular formula is C23H20O3. The van der Waals surface area contributed by atoms with E-state index in [2.05, 4.69) is 30.0 Å². The summed E-state index contributed by atoms with van der Waals surface area (Å²) in [6, 6.07) is 20.3. The summed E-state index contributed by atoms with van der Waals surface area (Å²) in [4.78, 5) is 11.0. The Balaban J connectivity index is 1.91. The van der Waals surface area contributed by atoms with Crippen LogP contribution in [0.4, 0.5) is 0 Å². The number of ether oxygens (including phenoxy) is 1. The number of fused-ring (bicyclic) bond motifs is 1. The van der Waals surface area contributed by atoms with Crippen LogP contribution in [0.15, 0.2) is 60.7 Å². The Kier molecular flexibility index (Phi) is 5.24.